The summed E-state index contributed by atoms with van der Waals surface area (Å²) in [6.07, 6.45) is 4.32. The van der Waals surface area contributed by atoms with Gasteiger partial charge in [-0.05, 0) is 31.3 Å². The Morgan fingerprint density at radius 3 is 2.68 bits per heavy atom. The topological polar surface area (TPSA) is 78.9 Å². The van der Waals surface area contributed by atoms with Gasteiger partial charge in [0.05, 0.1) is 6.61 Å². The number of carboxylic acids is 1. The van der Waals surface area contributed by atoms with Crippen molar-refractivity contribution in [2.45, 2.75) is 31.3 Å². The molecular weight excluding hydrogens is 268 g/mol. The first kappa shape index (κ1) is 16.1. The Balaban J connectivity index is 2.49. The number of thioether (sulfide) groups is 1. The molecule has 1 aliphatic rings. The van der Waals surface area contributed by atoms with Gasteiger partial charge in [0.2, 0.25) is 0 Å². The lowest BCUT2D eigenvalue weighted by Gasteiger charge is -2.24. The van der Waals surface area contributed by atoms with Crippen LogP contribution in [0.3, 0.4) is 0 Å². The largest absolute Gasteiger partial charge is 0.480 e. The fourth-order valence-corrected chi connectivity index (χ4v) is 2.22. The highest BCUT2D eigenvalue weighted by molar-refractivity contribution is 7.98. The van der Waals surface area contributed by atoms with E-state index in [1.807, 2.05) is 6.26 Å². The van der Waals surface area contributed by atoms with Gasteiger partial charge in [-0.1, -0.05) is 0 Å². The van der Waals surface area contributed by atoms with E-state index in [0.717, 1.165) is 12.8 Å². The van der Waals surface area contributed by atoms with Crippen molar-refractivity contribution in [2.75, 3.05) is 32.3 Å². The normalized spacial score (nSPS) is 15.9. The summed E-state index contributed by atoms with van der Waals surface area (Å²) in [6.45, 7) is 0.967. The van der Waals surface area contributed by atoms with Crippen molar-refractivity contribution in [2.24, 2.45) is 0 Å². The van der Waals surface area contributed by atoms with Gasteiger partial charge in [0.15, 0.2) is 0 Å². The molecule has 2 N–H and O–H groups in total. The summed E-state index contributed by atoms with van der Waals surface area (Å²) in [5.41, 5.74) is 0. The molecule has 1 atom stereocenters. The van der Waals surface area contributed by atoms with Crippen molar-refractivity contribution in [1.82, 2.24) is 10.2 Å². The lowest BCUT2D eigenvalue weighted by atomic mass is 10.2. The number of carboxylic acid groups (broad SMARTS) is 1. The van der Waals surface area contributed by atoms with E-state index in [1.165, 1.54) is 0 Å². The van der Waals surface area contributed by atoms with Gasteiger partial charge in [-0.15, -0.1) is 0 Å². The maximum atomic E-state index is 12.1. The van der Waals surface area contributed by atoms with Crippen LogP contribution in [-0.2, 0) is 9.53 Å². The quantitative estimate of drug-likeness (QED) is 0.662. The standard InChI is InChI=1S/C12H22N2O4S/c1-18-7-6-14(9-3-4-9)12(17)13-10(11(15)16)5-8-19-2/h9-10H,3-8H2,1-2H3,(H,13,17)(H,15,16)/t10-/m1/s1. The molecule has 0 aromatic carbocycles. The number of aliphatic carboxylic acids is 1. The number of amides is 2. The Kier molecular flexibility index (Phi) is 7.01. The van der Waals surface area contributed by atoms with E-state index >= 15 is 0 Å². The highest BCUT2D eigenvalue weighted by atomic mass is 32.2. The molecule has 6 nitrogen and oxygen atoms in total. The molecule has 2 amide bonds. The van der Waals surface area contributed by atoms with E-state index in [1.54, 1.807) is 23.8 Å². The van der Waals surface area contributed by atoms with Crippen LogP contribution in [0.1, 0.15) is 19.3 Å². The number of hydrogen-bond donors (Lipinski definition) is 2. The average molecular weight is 290 g/mol. The lowest BCUT2D eigenvalue weighted by Crippen LogP contribution is -2.49. The molecule has 0 radical (unpaired) electrons. The second-order valence-electron chi connectivity index (χ2n) is 4.54. The smallest absolute Gasteiger partial charge is 0.326 e. The molecule has 1 saturated carbocycles. The Labute approximate surface area is 117 Å². The second-order valence-corrected chi connectivity index (χ2v) is 5.52. The molecule has 0 bridgehead atoms. The molecule has 1 aliphatic carbocycles. The summed E-state index contributed by atoms with van der Waals surface area (Å²) in [5.74, 6) is -0.274. The van der Waals surface area contributed by atoms with Gasteiger partial charge in [0, 0.05) is 19.7 Å². The van der Waals surface area contributed by atoms with E-state index in [4.69, 9.17) is 9.84 Å². The number of nitrogens with zero attached hydrogens (tertiary/aromatic N) is 1. The fourth-order valence-electron chi connectivity index (χ4n) is 1.75. The van der Waals surface area contributed by atoms with Crippen LogP contribution in [0.4, 0.5) is 4.79 Å². The maximum Gasteiger partial charge on any atom is 0.326 e. The van der Waals surface area contributed by atoms with E-state index in [9.17, 15) is 9.59 Å². The SMILES string of the molecule is COCCN(C(=O)N[C@H](CCSC)C(=O)O)C1CC1. The van der Waals surface area contributed by atoms with E-state index in [-0.39, 0.29) is 12.1 Å². The van der Waals surface area contributed by atoms with Crippen molar-refractivity contribution in [3.8, 4) is 0 Å². The van der Waals surface area contributed by atoms with Gasteiger partial charge in [-0.3, -0.25) is 0 Å². The number of methoxy groups -OCH3 is 1. The molecule has 0 aromatic heterocycles. The second kappa shape index (κ2) is 8.27. The number of hydrogen-bond acceptors (Lipinski definition) is 4. The van der Waals surface area contributed by atoms with Gasteiger partial charge in [0.1, 0.15) is 6.04 Å². The summed E-state index contributed by atoms with van der Waals surface area (Å²) in [4.78, 5) is 24.9. The number of carbonyl (C=O) groups excluding carboxylic acids is 1. The van der Waals surface area contributed by atoms with Crippen LogP contribution >= 0.6 is 11.8 Å². The molecule has 0 aromatic rings. The number of rotatable bonds is 9. The Morgan fingerprint density at radius 2 is 2.21 bits per heavy atom. The van der Waals surface area contributed by atoms with E-state index in [0.29, 0.717) is 25.3 Å². The number of urea groups is 1. The van der Waals surface area contributed by atoms with Gasteiger partial charge in [-0.25, -0.2) is 9.59 Å². The summed E-state index contributed by atoms with van der Waals surface area (Å²) in [6, 6.07) is -0.873. The number of nitrogens with one attached hydrogen (secondary N) is 1. The minimum Gasteiger partial charge on any atom is -0.480 e. The van der Waals surface area contributed by atoms with Crippen LogP contribution in [-0.4, -0.2) is 66.4 Å². The van der Waals surface area contributed by atoms with Gasteiger partial charge >= 0.3 is 12.0 Å². The monoisotopic (exact) mass is 290 g/mol. The molecule has 0 heterocycles. The molecule has 0 unspecified atom stereocenters. The summed E-state index contributed by atoms with van der Waals surface area (Å²) >= 11 is 1.57. The van der Waals surface area contributed by atoms with Crippen LogP contribution in [0.5, 0.6) is 0 Å². The first-order chi connectivity index (χ1) is 9.10. The number of ether oxygens (including phenoxy) is 1. The Morgan fingerprint density at radius 1 is 1.53 bits per heavy atom. The van der Waals surface area contributed by atoms with Crippen LogP contribution in [0.2, 0.25) is 0 Å². The van der Waals surface area contributed by atoms with Crippen molar-refractivity contribution in [3.63, 3.8) is 0 Å². The molecular formula is C12H22N2O4S. The molecule has 0 aliphatic heterocycles. The van der Waals surface area contributed by atoms with E-state index in [2.05, 4.69) is 5.32 Å². The molecule has 7 heteroatoms. The predicted octanol–water partition coefficient (Wildman–Crippen LogP) is 1.01. The van der Waals surface area contributed by atoms with E-state index < -0.39 is 12.0 Å². The molecule has 19 heavy (non-hydrogen) atoms. The third-order valence-electron chi connectivity index (χ3n) is 2.99. The summed E-state index contributed by atoms with van der Waals surface area (Å²) in [5, 5.41) is 11.7. The Bertz CT molecular complexity index is 310. The minimum absolute atomic E-state index is 0.241. The van der Waals surface area contributed by atoms with Crippen molar-refractivity contribution in [1.29, 1.82) is 0 Å². The highest BCUT2D eigenvalue weighted by Crippen LogP contribution is 2.26. The number of carbonyl (C=O) groups is 2. The average Bonchev–Trinajstić information content (AvgIpc) is 3.19. The third-order valence-corrected chi connectivity index (χ3v) is 3.64. The third kappa shape index (κ3) is 5.69. The molecule has 110 valence electrons. The van der Waals surface area contributed by atoms with Crippen LogP contribution in [0, 0.1) is 0 Å². The van der Waals surface area contributed by atoms with Crippen molar-refractivity contribution in [3.05, 3.63) is 0 Å². The zero-order valence-corrected chi connectivity index (χ0v) is 12.2. The zero-order valence-electron chi connectivity index (χ0n) is 11.4. The van der Waals surface area contributed by atoms with Crippen LogP contribution in [0.15, 0.2) is 0 Å². The van der Waals surface area contributed by atoms with Gasteiger partial charge in [0.25, 0.3) is 0 Å². The van der Waals surface area contributed by atoms with Gasteiger partial charge in [-0.2, -0.15) is 11.8 Å². The molecule has 1 rings (SSSR count). The van der Waals surface area contributed by atoms with Gasteiger partial charge < -0.3 is 20.1 Å². The molecule has 1 fully saturated rings. The van der Waals surface area contributed by atoms with Crippen molar-refractivity contribution < 1.29 is 19.4 Å². The van der Waals surface area contributed by atoms with Crippen LogP contribution < -0.4 is 5.32 Å². The summed E-state index contributed by atoms with van der Waals surface area (Å²) in [7, 11) is 1.58. The fraction of sp³-hybridized carbons (Fsp3) is 0.833. The first-order valence-corrected chi connectivity index (χ1v) is 7.77. The zero-order chi connectivity index (χ0) is 14.3. The molecule has 0 saturated heterocycles. The predicted molar refractivity (Wildman–Crippen MR) is 74.6 cm³/mol. The highest BCUT2D eigenvalue weighted by Gasteiger charge is 2.33. The maximum absolute atomic E-state index is 12.1. The summed E-state index contributed by atoms with van der Waals surface area (Å²) < 4.78 is 4.98. The Hall–Kier alpha value is -0.950. The first-order valence-electron chi connectivity index (χ1n) is 6.38. The minimum atomic E-state index is -0.982. The lowest BCUT2D eigenvalue weighted by molar-refractivity contribution is -0.139. The van der Waals surface area contributed by atoms with Crippen molar-refractivity contribution >= 4 is 23.8 Å². The van der Waals surface area contributed by atoms with Crippen LogP contribution in [0.25, 0.3) is 0 Å². The molecule has 0 spiro atoms.